The lowest BCUT2D eigenvalue weighted by atomic mass is 9.96. The maximum atomic E-state index is 9.75. The van der Waals surface area contributed by atoms with Gasteiger partial charge in [-0.3, -0.25) is 0 Å². The molecule has 0 aliphatic heterocycles. The van der Waals surface area contributed by atoms with Gasteiger partial charge >= 0.3 is 0 Å². The van der Waals surface area contributed by atoms with Crippen molar-refractivity contribution >= 4 is 5.69 Å². The zero-order valence-corrected chi connectivity index (χ0v) is 10.8. The number of hydrogen-bond acceptors (Lipinski definition) is 2. The van der Waals surface area contributed by atoms with Crippen molar-refractivity contribution in [1.82, 2.24) is 0 Å². The third-order valence-corrected chi connectivity index (χ3v) is 2.85. The Kier molecular flexibility index (Phi) is 4.36. The molecule has 0 atom stereocenters. The van der Waals surface area contributed by atoms with Crippen LogP contribution in [0.1, 0.15) is 38.3 Å². The van der Waals surface area contributed by atoms with E-state index >= 15 is 0 Å². The molecule has 1 aromatic rings. The molecule has 90 valence electrons. The van der Waals surface area contributed by atoms with Crippen LogP contribution >= 0.6 is 0 Å². The van der Waals surface area contributed by atoms with Crippen LogP contribution in [0.25, 0.3) is 0 Å². The van der Waals surface area contributed by atoms with Crippen LogP contribution in [-0.4, -0.2) is 17.8 Å². The van der Waals surface area contributed by atoms with Crippen molar-refractivity contribution in [3.05, 3.63) is 29.3 Å². The summed E-state index contributed by atoms with van der Waals surface area (Å²) in [6, 6.07) is 6.51. The van der Waals surface area contributed by atoms with Crippen LogP contribution in [0.4, 0.5) is 5.69 Å². The Bertz CT molecular complexity index is 339. The molecule has 2 heteroatoms. The molecule has 0 unspecified atom stereocenters. The summed E-state index contributed by atoms with van der Waals surface area (Å²) in [6.07, 6.45) is 2.75. The molecule has 0 aromatic heterocycles. The molecular formula is C14H23NO. The Morgan fingerprint density at radius 2 is 2.00 bits per heavy atom. The highest BCUT2D eigenvalue weighted by molar-refractivity contribution is 5.52. The van der Waals surface area contributed by atoms with E-state index in [1.165, 1.54) is 16.8 Å². The van der Waals surface area contributed by atoms with Crippen LogP contribution in [0.15, 0.2) is 18.2 Å². The lowest BCUT2D eigenvalue weighted by Gasteiger charge is -2.18. The lowest BCUT2D eigenvalue weighted by Crippen LogP contribution is -2.19. The zero-order chi connectivity index (χ0) is 12.2. The number of benzene rings is 1. The average Bonchev–Trinajstić information content (AvgIpc) is 2.25. The predicted octanol–water partition coefficient (Wildman–Crippen LogP) is 2.99. The van der Waals surface area contributed by atoms with Gasteiger partial charge in [0.15, 0.2) is 0 Å². The highest BCUT2D eigenvalue weighted by Crippen LogP contribution is 2.22. The first-order valence-corrected chi connectivity index (χ1v) is 5.98. The summed E-state index contributed by atoms with van der Waals surface area (Å²) in [5.74, 6) is 0. The Morgan fingerprint density at radius 1 is 1.31 bits per heavy atom. The maximum absolute atomic E-state index is 9.75. The fourth-order valence-corrected chi connectivity index (χ4v) is 1.76. The van der Waals surface area contributed by atoms with E-state index in [1.54, 1.807) is 0 Å². The molecule has 0 radical (unpaired) electrons. The Hall–Kier alpha value is -1.02. The van der Waals surface area contributed by atoms with E-state index in [2.05, 4.69) is 30.4 Å². The molecule has 2 N–H and O–H groups in total. The SMILES string of the molecule is CCc1ccc(NC)c(CCC(C)(C)O)c1. The topological polar surface area (TPSA) is 32.3 Å². The van der Waals surface area contributed by atoms with Crippen LogP contribution in [-0.2, 0) is 12.8 Å². The van der Waals surface area contributed by atoms with Gasteiger partial charge in [0.05, 0.1) is 5.60 Å². The summed E-state index contributed by atoms with van der Waals surface area (Å²) < 4.78 is 0. The minimum atomic E-state index is -0.590. The molecule has 0 saturated heterocycles. The van der Waals surface area contributed by atoms with E-state index in [9.17, 15) is 5.11 Å². The van der Waals surface area contributed by atoms with E-state index < -0.39 is 5.60 Å². The first-order valence-electron chi connectivity index (χ1n) is 5.98. The van der Waals surface area contributed by atoms with Gasteiger partial charge in [0.25, 0.3) is 0 Å². The monoisotopic (exact) mass is 221 g/mol. The molecule has 0 heterocycles. The Morgan fingerprint density at radius 3 is 2.50 bits per heavy atom. The number of aliphatic hydroxyl groups is 1. The summed E-state index contributed by atoms with van der Waals surface area (Å²) in [7, 11) is 1.94. The minimum Gasteiger partial charge on any atom is -0.390 e. The Labute approximate surface area is 98.7 Å². The normalized spacial score (nSPS) is 11.6. The van der Waals surface area contributed by atoms with Crippen molar-refractivity contribution in [2.45, 2.75) is 45.6 Å². The van der Waals surface area contributed by atoms with E-state index in [-0.39, 0.29) is 0 Å². The highest BCUT2D eigenvalue weighted by Gasteiger charge is 2.13. The van der Waals surface area contributed by atoms with Gasteiger partial charge in [-0.25, -0.2) is 0 Å². The van der Waals surface area contributed by atoms with Crippen molar-refractivity contribution in [3.8, 4) is 0 Å². The fourth-order valence-electron chi connectivity index (χ4n) is 1.76. The first kappa shape index (κ1) is 13.0. The zero-order valence-electron chi connectivity index (χ0n) is 10.8. The van der Waals surface area contributed by atoms with Crippen molar-refractivity contribution in [1.29, 1.82) is 0 Å². The van der Waals surface area contributed by atoms with Gasteiger partial charge < -0.3 is 10.4 Å². The standard InChI is InChI=1S/C14H23NO/c1-5-11-6-7-13(15-4)12(10-11)8-9-14(2,3)16/h6-7,10,15-16H,5,8-9H2,1-4H3. The van der Waals surface area contributed by atoms with Crippen LogP contribution in [0.2, 0.25) is 0 Å². The molecule has 16 heavy (non-hydrogen) atoms. The maximum Gasteiger partial charge on any atom is 0.0595 e. The van der Waals surface area contributed by atoms with Gasteiger partial charge in [-0.2, -0.15) is 0 Å². The number of rotatable bonds is 5. The van der Waals surface area contributed by atoms with E-state index in [4.69, 9.17) is 0 Å². The van der Waals surface area contributed by atoms with Gasteiger partial charge in [-0.15, -0.1) is 0 Å². The minimum absolute atomic E-state index is 0.590. The van der Waals surface area contributed by atoms with Gasteiger partial charge in [-0.05, 0) is 50.3 Å². The molecule has 1 aromatic carbocycles. The second kappa shape index (κ2) is 5.35. The Balaban J connectivity index is 2.83. The molecule has 1 rings (SSSR count). The third kappa shape index (κ3) is 3.86. The average molecular weight is 221 g/mol. The lowest BCUT2D eigenvalue weighted by molar-refractivity contribution is 0.0714. The van der Waals surface area contributed by atoms with Crippen LogP contribution in [0, 0.1) is 0 Å². The molecule has 0 spiro atoms. The van der Waals surface area contributed by atoms with Crippen molar-refractivity contribution in [3.63, 3.8) is 0 Å². The molecular weight excluding hydrogens is 198 g/mol. The summed E-state index contributed by atoms with van der Waals surface area (Å²) >= 11 is 0. The smallest absolute Gasteiger partial charge is 0.0595 e. The van der Waals surface area contributed by atoms with Crippen LogP contribution in [0.5, 0.6) is 0 Å². The largest absolute Gasteiger partial charge is 0.390 e. The molecule has 0 aliphatic rings. The van der Waals surface area contributed by atoms with Gasteiger partial charge in [-0.1, -0.05) is 19.1 Å². The van der Waals surface area contributed by atoms with Gasteiger partial charge in [0.2, 0.25) is 0 Å². The number of aryl methyl sites for hydroxylation is 2. The molecule has 0 bridgehead atoms. The number of anilines is 1. The quantitative estimate of drug-likeness (QED) is 0.801. The highest BCUT2D eigenvalue weighted by atomic mass is 16.3. The third-order valence-electron chi connectivity index (χ3n) is 2.85. The number of nitrogens with one attached hydrogen (secondary N) is 1. The summed E-state index contributed by atoms with van der Waals surface area (Å²) in [4.78, 5) is 0. The predicted molar refractivity (Wildman–Crippen MR) is 70.0 cm³/mol. The van der Waals surface area contributed by atoms with Crippen LogP contribution in [0.3, 0.4) is 0 Å². The first-order chi connectivity index (χ1) is 7.46. The van der Waals surface area contributed by atoms with Crippen molar-refractivity contribution < 1.29 is 5.11 Å². The van der Waals surface area contributed by atoms with Gasteiger partial charge in [0, 0.05) is 12.7 Å². The second-order valence-corrected chi connectivity index (χ2v) is 4.91. The molecule has 0 saturated carbocycles. The van der Waals surface area contributed by atoms with Crippen molar-refractivity contribution in [2.24, 2.45) is 0 Å². The van der Waals surface area contributed by atoms with E-state index in [1.807, 2.05) is 20.9 Å². The molecule has 0 aliphatic carbocycles. The summed E-state index contributed by atoms with van der Waals surface area (Å²) in [5, 5.41) is 13.0. The molecule has 0 fully saturated rings. The van der Waals surface area contributed by atoms with Crippen molar-refractivity contribution in [2.75, 3.05) is 12.4 Å². The summed E-state index contributed by atoms with van der Waals surface area (Å²) in [6.45, 7) is 5.87. The van der Waals surface area contributed by atoms with Gasteiger partial charge in [0.1, 0.15) is 0 Å². The second-order valence-electron chi connectivity index (χ2n) is 4.91. The number of hydrogen-bond donors (Lipinski definition) is 2. The summed E-state index contributed by atoms with van der Waals surface area (Å²) in [5.41, 5.74) is 3.22. The van der Waals surface area contributed by atoms with Crippen LogP contribution < -0.4 is 5.32 Å². The van der Waals surface area contributed by atoms with E-state index in [0.29, 0.717) is 0 Å². The molecule has 0 amide bonds. The van der Waals surface area contributed by atoms with E-state index in [0.717, 1.165) is 19.3 Å². The fraction of sp³-hybridized carbons (Fsp3) is 0.571. The molecule has 2 nitrogen and oxygen atoms in total.